The number of aliphatic hydroxyl groups is 1. The molecule has 38 heavy (non-hydrogen) atoms. The van der Waals surface area contributed by atoms with E-state index in [4.69, 9.17) is 17.3 Å². The number of halogens is 2. The van der Waals surface area contributed by atoms with Crippen molar-refractivity contribution >= 4 is 34.8 Å². The third-order valence-electron chi connectivity index (χ3n) is 8.23. The van der Waals surface area contributed by atoms with E-state index in [-0.39, 0.29) is 46.0 Å². The maximum Gasteiger partial charge on any atom is 0.390 e. The topological polar surface area (TPSA) is 154 Å². The highest BCUT2D eigenvalue weighted by molar-refractivity contribution is 6.31. The number of benzene rings is 1. The average molecular weight is 544 g/mol. The second kappa shape index (κ2) is 8.77. The fraction of sp³-hybridized carbons (Fsp3) is 0.480. The summed E-state index contributed by atoms with van der Waals surface area (Å²) in [5, 5.41) is 34.4. The number of nitrogen functional groups attached to an aromatic ring is 1. The molecule has 0 spiro atoms. The van der Waals surface area contributed by atoms with Gasteiger partial charge in [0.05, 0.1) is 33.6 Å². The van der Waals surface area contributed by atoms with Crippen molar-refractivity contribution in [2.24, 2.45) is 18.9 Å². The Bertz CT molecular complexity index is 1450. The van der Waals surface area contributed by atoms with Crippen LogP contribution in [0.1, 0.15) is 72.2 Å². The van der Waals surface area contributed by atoms with Crippen LogP contribution in [-0.4, -0.2) is 35.5 Å². The molecule has 3 aliphatic rings. The second-order valence-electron chi connectivity index (χ2n) is 10.8. The Balaban J connectivity index is 1.22. The van der Waals surface area contributed by atoms with E-state index in [2.05, 4.69) is 15.5 Å². The van der Waals surface area contributed by atoms with Crippen LogP contribution in [0.2, 0.25) is 5.02 Å². The molecule has 0 saturated heterocycles. The summed E-state index contributed by atoms with van der Waals surface area (Å²) in [6.45, 7) is 0. The number of hydrogen-bond acceptors (Lipinski definition) is 7. The summed E-state index contributed by atoms with van der Waals surface area (Å²) in [7, 11) is 1.67. The smallest absolute Gasteiger partial charge is 0.383 e. The lowest BCUT2D eigenvalue weighted by atomic mass is 9.89. The van der Waals surface area contributed by atoms with Gasteiger partial charge in [-0.2, -0.15) is 9.78 Å². The van der Waals surface area contributed by atoms with Gasteiger partial charge in [0.15, 0.2) is 0 Å². The van der Waals surface area contributed by atoms with Gasteiger partial charge in [0.1, 0.15) is 22.8 Å². The predicted molar refractivity (Wildman–Crippen MR) is 136 cm³/mol. The molecule has 3 aliphatic carbocycles. The summed E-state index contributed by atoms with van der Waals surface area (Å²) in [5.41, 5.74) is 6.78. The van der Waals surface area contributed by atoms with Crippen molar-refractivity contribution in [2.75, 3.05) is 11.1 Å². The number of carbonyl (C=O) groups excluding carboxylic acids is 1. The van der Waals surface area contributed by atoms with Crippen LogP contribution >= 0.6 is 11.6 Å². The van der Waals surface area contributed by atoms with E-state index < -0.39 is 22.2 Å². The lowest BCUT2D eigenvalue weighted by Gasteiger charge is -2.24. The monoisotopic (exact) mass is 543 g/mol. The molecule has 0 bridgehead atoms. The SMILES string of the molecule is Cn1nc(C2CC3CC(O)(c4cc([N+](=O)[O-])nn4C4CC4)CC3C2)c(C(=O)Nc2ccc(F)c(Cl)c2)c1N. The number of amides is 1. The van der Waals surface area contributed by atoms with Crippen LogP contribution in [0.4, 0.5) is 21.7 Å². The van der Waals surface area contributed by atoms with Crippen molar-refractivity contribution in [2.45, 2.75) is 56.1 Å². The lowest BCUT2D eigenvalue weighted by molar-refractivity contribution is -0.389. The zero-order chi connectivity index (χ0) is 26.9. The Morgan fingerprint density at radius 3 is 2.55 bits per heavy atom. The zero-order valence-electron chi connectivity index (χ0n) is 20.6. The average Bonchev–Trinajstić information content (AvgIpc) is 3.18. The number of aromatic nitrogens is 4. The first-order valence-electron chi connectivity index (χ1n) is 12.6. The lowest BCUT2D eigenvalue weighted by Crippen LogP contribution is -2.27. The van der Waals surface area contributed by atoms with Crippen LogP contribution in [-0.2, 0) is 12.6 Å². The molecule has 2 atom stereocenters. The van der Waals surface area contributed by atoms with Crippen LogP contribution in [0.15, 0.2) is 24.3 Å². The summed E-state index contributed by atoms with van der Waals surface area (Å²) in [5.74, 6) is -0.792. The molecule has 1 amide bonds. The summed E-state index contributed by atoms with van der Waals surface area (Å²) in [4.78, 5) is 24.1. The normalized spacial score (nSPS) is 26.5. The molecule has 2 unspecified atom stereocenters. The number of nitrogens with two attached hydrogens (primary N) is 1. The molecule has 1 aromatic carbocycles. The molecule has 3 fully saturated rings. The van der Waals surface area contributed by atoms with Gasteiger partial charge in [-0.3, -0.25) is 9.48 Å². The largest absolute Gasteiger partial charge is 0.390 e. The van der Waals surface area contributed by atoms with Gasteiger partial charge in [-0.05, 0) is 73.5 Å². The Kier molecular flexibility index (Phi) is 5.72. The van der Waals surface area contributed by atoms with Crippen molar-refractivity contribution in [1.29, 1.82) is 0 Å². The maximum absolute atomic E-state index is 13.5. The number of hydrogen-bond donors (Lipinski definition) is 3. The highest BCUT2D eigenvalue weighted by Gasteiger charge is 2.53. The molecule has 2 aromatic heterocycles. The van der Waals surface area contributed by atoms with Crippen molar-refractivity contribution in [3.8, 4) is 0 Å². The van der Waals surface area contributed by atoms with E-state index in [1.54, 1.807) is 11.7 Å². The van der Waals surface area contributed by atoms with Crippen LogP contribution in [0.25, 0.3) is 0 Å². The van der Waals surface area contributed by atoms with Crippen molar-refractivity contribution in [1.82, 2.24) is 19.6 Å². The number of anilines is 2. The van der Waals surface area contributed by atoms with Gasteiger partial charge in [0.25, 0.3) is 5.91 Å². The molecular formula is C25H27ClFN7O4. The molecule has 13 heteroatoms. The van der Waals surface area contributed by atoms with E-state index in [0.717, 1.165) is 12.8 Å². The summed E-state index contributed by atoms with van der Waals surface area (Å²) < 4.78 is 16.7. The molecule has 6 rings (SSSR count). The first-order valence-corrected chi connectivity index (χ1v) is 13.0. The fourth-order valence-corrected chi connectivity index (χ4v) is 6.54. The zero-order valence-corrected chi connectivity index (χ0v) is 21.4. The van der Waals surface area contributed by atoms with Crippen molar-refractivity contribution < 1.29 is 19.2 Å². The molecule has 0 aliphatic heterocycles. The van der Waals surface area contributed by atoms with Crippen LogP contribution < -0.4 is 11.1 Å². The number of nitro groups is 1. The van der Waals surface area contributed by atoms with Gasteiger partial charge in [0.2, 0.25) is 0 Å². The van der Waals surface area contributed by atoms with Gasteiger partial charge >= 0.3 is 5.82 Å². The third kappa shape index (κ3) is 4.11. The molecule has 200 valence electrons. The summed E-state index contributed by atoms with van der Waals surface area (Å²) in [6, 6.07) is 5.44. The van der Waals surface area contributed by atoms with Crippen molar-refractivity contribution in [3.63, 3.8) is 0 Å². The van der Waals surface area contributed by atoms with E-state index in [1.165, 1.54) is 28.9 Å². The summed E-state index contributed by atoms with van der Waals surface area (Å²) >= 11 is 5.86. The molecule has 3 aromatic rings. The minimum absolute atomic E-state index is 0.0433. The number of rotatable bonds is 6. The molecule has 4 N–H and O–H groups in total. The Morgan fingerprint density at radius 1 is 1.26 bits per heavy atom. The molecule has 3 saturated carbocycles. The highest BCUT2D eigenvalue weighted by atomic mass is 35.5. The Morgan fingerprint density at radius 2 is 1.95 bits per heavy atom. The predicted octanol–water partition coefficient (Wildman–Crippen LogP) is 4.28. The fourth-order valence-electron chi connectivity index (χ4n) is 6.36. The minimum atomic E-state index is -1.19. The van der Waals surface area contributed by atoms with E-state index in [0.29, 0.717) is 42.8 Å². The van der Waals surface area contributed by atoms with Crippen LogP contribution in [0.3, 0.4) is 0 Å². The quantitative estimate of drug-likeness (QED) is 0.309. The standard InChI is InChI=1S/C25H27ClFN7O4/c1-32-23(28)21(24(35)29-15-2-5-18(27)17(26)8-15)22(31-32)12-6-13-10-25(36,11-14(13)7-12)19-9-20(34(37)38)30-33(19)16-3-4-16/h2,5,8-9,12-14,16,36H,3-4,6-7,10-11,28H2,1H3,(H,29,35). The molecular weight excluding hydrogens is 517 g/mol. The van der Waals surface area contributed by atoms with Gasteiger partial charge in [0, 0.05) is 18.7 Å². The van der Waals surface area contributed by atoms with Crippen LogP contribution in [0.5, 0.6) is 0 Å². The summed E-state index contributed by atoms with van der Waals surface area (Å²) in [6.07, 6.45) is 4.11. The van der Waals surface area contributed by atoms with E-state index in [1.807, 2.05) is 0 Å². The third-order valence-corrected chi connectivity index (χ3v) is 8.52. The first-order chi connectivity index (χ1) is 18.0. The van der Waals surface area contributed by atoms with E-state index >= 15 is 0 Å². The van der Waals surface area contributed by atoms with Gasteiger partial charge in [-0.25, -0.2) is 4.39 Å². The molecule has 11 nitrogen and oxygen atoms in total. The van der Waals surface area contributed by atoms with Gasteiger partial charge < -0.3 is 26.3 Å². The number of aryl methyl sites for hydroxylation is 1. The van der Waals surface area contributed by atoms with Crippen LogP contribution in [0, 0.1) is 27.8 Å². The number of nitrogens with one attached hydrogen (secondary N) is 1. The number of fused-ring (bicyclic) bond motifs is 1. The van der Waals surface area contributed by atoms with Gasteiger partial charge in [-0.15, -0.1) is 0 Å². The minimum Gasteiger partial charge on any atom is -0.383 e. The van der Waals surface area contributed by atoms with E-state index in [9.17, 15) is 24.4 Å². The highest BCUT2D eigenvalue weighted by Crippen LogP contribution is 2.58. The van der Waals surface area contributed by atoms with Gasteiger partial charge in [-0.1, -0.05) is 11.6 Å². The molecule has 2 heterocycles. The molecule has 0 radical (unpaired) electrons. The van der Waals surface area contributed by atoms with Crippen molar-refractivity contribution in [3.05, 3.63) is 62.2 Å². The number of nitrogens with zero attached hydrogens (tertiary/aromatic N) is 5. The maximum atomic E-state index is 13.5. The Labute approximate surface area is 221 Å². The number of carbonyl (C=O) groups is 1. The second-order valence-corrected chi connectivity index (χ2v) is 11.2. The Hall–Kier alpha value is -3.51. The first kappa shape index (κ1) is 24.8.